The fraction of sp³-hybridized carbons (Fsp3) is 0.350. The van der Waals surface area contributed by atoms with Crippen LogP contribution >= 0.6 is 0 Å². The maximum Gasteiger partial charge on any atom is 0.244 e. The Labute approximate surface area is 156 Å². The van der Waals surface area contributed by atoms with Gasteiger partial charge in [-0.05, 0) is 43.5 Å². The number of hydrogen-bond donors (Lipinski definition) is 1. The van der Waals surface area contributed by atoms with Gasteiger partial charge in [0.15, 0.2) is 0 Å². The number of sulfonamides is 1. The zero-order chi connectivity index (χ0) is 19.3. The van der Waals surface area contributed by atoms with E-state index in [0.29, 0.717) is 5.69 Å². The van der Waals surface area contributed by atoms with Gasteiger partial charge in [0.2, 0.25) is 15.9 Å². The van der Waals surface area contributed by atoms with Crippen molar-refractivity contribution in [3.63, 3.8) is 0 Å². The van der Waals surface area contributed by atoms with E-state index in [2.05, 4.69) is 5.32 Å². The molecule has 1 amide bonds. The van der Waals surface area contributed by atoms with Crippen LogP contribution in [0.1, 0.15) is 37.9 Å². The average Bonchev–Trinajstić information content (AvgIpc) is 2.61. The Balaban J connectivity index is 2.23. The molecule has 0 radical (unpaired) electrons. The summed E-state index contributed by atoms with van der Waals surface area (Å²) in [4.78, 5) is 12.7. The molecule has 6 heteroatoms. The maximum absolute atomic E-state index is 12.7. The van der Waals surface area contributed by atoms with Crippen LogP contribution in [0.2, 0.25) is 0 Å². The monoisotopic (exact) mass is 374 g/mol. The van der Waals surface area contributed by atoms with Crippen LogP contribution in [0.15, 0.2) is 54.6 Å². The highest BCUT2D eigenvalue weighted by Crippen LogP contribution is 2.22. The lowest BCUT2D eigenvalue weighted by Crippen LogP contribution is -2.48. The molecule has 0 aliphatic carbocycles. The predicted octanol–water partition coefficient (Wildman–Crippen LogP) is 3.28. The summed E-state index contributed by atoms with van der Waals surface area (Å²) in [6.45, 7) is 5.51. The Morgan fingerprint density at radius 1 is 1.04 bits per heavy atom. The van der Waals surface area contributed by atoms with E-state index < -0.39 is 16.1 Å². The van der Waals surface area contributed by atoms with E-state index in [-0.39, 0.29) is 11.9 Å². The van der Waals surface area contributed by atoms with Crippen molar-refractivity contribution in [1.29, 1.82) is 0 Å². The van der Waals surface area contributed by atoms with Crippen molar-refractivity contribution >= 4 is 21.6 Å². The standard InChI is InChI=1S/C20H26N2O3S/c1-5-17-11-13-19(14-12-17)22(26(4,24)25)16(3)20(23)21-15(2)18-9-7-6-8-10-18/h6-16H,5H2,1-4H3,(H,21,23)/t15-,16+/m1/s1. The number of rotatable bonds is 7. The van der Waals surface area contributed by atoms with Crippen LogP contribution in [0.3, 0.4) is 0 Å². The van der Waals surface area contributed by atoms with Crippen LogP contribution in [0.25, 0.3) is 0 Å². The SMILES string of the molecule is CCc1ccc(N([C@@H](C)C(=O)N[C@H](C)c2ccccc2)S(C)(=O)=O)cc1. The maximum atomic E-state index is 12.7. The highest BCUT2D eigenvalue weighted by molar-refractivity contribution is 7.92. The lowest BCUT2D eigenvalue weighted by molar-refractivity contribution is -0.122. The van der Waals surface area contributed by atoms with Gasteiger partial charge < -0.3 is 5.32 Å². The molecule has 1 N–H and O–H groups in total. The first-order valence-corrected chi connectivity index (χ1v) is 10.5. The van der Waals surface area contributed by atoms with Crippen LogP contribution in [0, 0.1) is 0 Å². The third-order valence-electron chi connectivity index (χ3n) is 4.35. The van der Waals surface area contributed by atoms with Gasteiger partial charge in [0, 0.05) is 0 Å². The number of amides is 1. The molecule has 0 saturated carbocycles. The van der Waals surface area contributed by atoms with Crippen molar-refractivity contribution in [3.8, 4) is 0 Å². The largest absolute Gasteiger partial charge is 0.348 e. The molecule has 0 fully saturated rings. The highest BCUT2D eigenvalue weighted by atomic mass is 32.2. The van der Waals surface area contributed by atoms with E-state index in [4.69, 9.17) is 0 Å². The zero-order valence-corrected chi connectivity index (χ0v) is 16.5. The molecule has 5 nitrogen and oxygen atoms in total. The van der Waals surface area contributed by atoms with Crippen LogP contribution in [-0.2, 0) is 21.2 Å². The Hall–Kier alpha value is -2.34. The van der Waals surface area contributed by atoms with Crippen molar-refractivity contribution in [1.82, 2.24) is 5.32 Å². The van der Waals surface area contributed by atoms with Gasteiger partial charge in [-0.15, -0.1) is 0 Å². The van der Waals surface area contributed by atoms with E-state index in [1.807, 2.05) is 56.3 Å². The molecular weight excluding hydrogens is 348 g/mol. The summed E-state index contributed by atoms with van der Waals surface area (Å²) in [7, 11) is -3.61. The normalized spacial score (nSPS) is 13.7. The van der Waals surface area contributed by atoms with Gasteiger partial charge in [-0.3, -0.25) is 9.10 Å². The molecule has 0 spiro atoms. The molecule has 0 aromatic heterocycles. The second-order valence-corrected chi connectivity index (χ2v) is 8.26. The Morgan fingerprint density at radius 2 is 1.62 bits per heavy atom. The van der Waals surface area contributed by atoms with Crippen molar-refractivity contribution in [2.75, 3.05) is 10.6 Å². The Kier molecular flexibility index (Phi) is 6.42. The Bertz CT molecular complexity index is 833. The average molecular weight is 375 g/mol. The number of nitrogens with zero attached hydrogens (tertiary/aromatic N) is 1. The van der Waals surface area contributed by atoms with E-state index >= 15 is 0 Å². The minimum Gasteiger partial charge on any atom is -0.348 e. The number of hydrogen-bond acceptors (Lipinski definition) is 3. The first-order valence-electron chi connectivity index (χ1n) is 8.67. The summed E-state index contributed by atoms with van der Waals surface area (Å²) in [5.41, 5.74) is 2.56. The second kappa shape index (κ2) is 8.36. The summed E-state index contributed by atoms with van der Waals surface area (Å²) in [5.74, 6) is -0.341. The molecule has 140 valence electrons. The van der Waals surface area contributed by atoms with Gasteiger partial charge >= 0.3 is 0 Å². The summed E-state index contributed by atoms with van der Waals surface area (Å²) in [6, 6.07) is 15.7. The molecule has 0 aliphatic heterocycles. The van der Waals surface area contributed by atoms with Gasteiger partial charge in [0.25, 0.3) is 0 Å². The molecule has 0 unspecified atom stereocenters. The van der Waals surface area contributed by atoms with Gasteiger partial charge in [-0.25, -0.2) is 8.42 Å². The summed E-state index contributed by atoms with van der Waals surface area (Å²) in [6.07, 6.45) is 1.98. The van der Waals surface area contributed by atoms with E-state index in [1.165, 1.54) is 4.31 Å². The zero-order valence-electron chi connectivity index (χ0n) is 15.6. The van der Waals surface area contributed by atoms with Crippen molar-refractivity contribution in [2.24, 2.45) is 0 Å². The van der Waals surface area contributed by atoms with Crippen LogP contribution < -0.4 is 9.62 Å². The van der Waals surface area contributed by atoms with Crippen LogP contribution in [0.5, 0.6) is 0 Å². The molecule has 26 heavy (non-hydrogen) atoms. The van der Waals surface area contributed by atoms with Crippen molar-refractivity contribution < 1.29 is 13.2 Å². The number of carbonyl (C=O) groups excluding carboxylic acids is 1. The second-order valence-electron chi connectivity index (χ2n) is 6.40. The quantitative estimate of drug-likeness (QED) is 0.809. The Morgan fingerprint density at radius 3 is 2.12 bits per heavy atom. The molecule has 2 aromatic rings. The molecule has 0 heterocycles. The number of carbonyl (C=O) groups is 1. The lowest BCUT2D eigenvalue weighted by Gasteiger charge is -2.29. The summed E-state index contributed by atoms with van der Waals surface area (Å²) >= 11 is 0. The topological polar surface area (TPSA) is 66.5 Å². The minimum absolute atomic E-state index is 0.213. The first kappa shape index (κ1) is 20.0. The molecule has 0 aliphatic rings. The molecule has 2 aromatic carbocycles. The van der Waals surface area contributed by atoms with Crippen molar-refractivity contribution in [3.05, 3.63) is 65.7 Å². The van der Waals surface area contributed by atoms with Crippen LogP contribution in [0.4, 0.5) is 5.69 Å². The van der Waals surface area contributed by atoms with Gasteiger partial charge in [-0.2, -0.15) is 0 Å². The highest BCUT2D eigenvalue weighted by Gasteiger charge is 2.29. The molecular formula is C20H26N2O3S. The van der Waals surface area contributed by atoms with Gasteiger partial charge in [0.05, 0.1) is 18.0 Å². The predicted molar refractivity (Wildman–Crippen MR) is 106 cm³/mol. The molecule has 2 rings (SSSR count). The van der Waals surface area contributed by atoms with Crippen LogP contribution in [-0.4, -0.2) is 26.6 Å². The summed E-state index contributed by atoms with van der Waals surface area (Å²) < 4.78 is 25.8. The van der Waals surface area contributed by atoms with E-state index in [9.17, 15) is 13.2 Å². The number of anilines is 1. The fourth-order valence-electron chi connectivity index (χ4n) is 2.85. The minimum atomic E-state index is -3.61. The third-order valence-corrected chi connectivity index (χ3v) is 5.59. The number of aryl methyl sites for hydroxylation is 1. The van der Waals surface area contributed by atoms with E-state index in [1.54, 1.807) is 19.1 Å². The number of benzene rings is 2. The molecule has 2 atom stereocenters. The van der Waals surface area contributed by atoms with Crippen molar-refractivity contribution in [2.45, 2.75) is 39.3 Å². The smallest absolute Gasteiger partial charge is 0.244 e. The molecule has 0 bridgehead atoms. The van der Waals surface area contributed by atoms with Gasteiger partial charge in [-0.1, -0.05) is 49.4 Å². The fourth-order valence-corrected chi connectivity index (χ4v) is 4.02. The third kappa shape index (κ3) is 4.85. The van der Waals surface area contributed by atoms with E-state index in [0.717, 1.165) is 23.8 Å². The summed E-state index contributed by atoms with van der Waals surface area (Å²) in [5, 5.41) is 2.90. The van der Waals surface area contributed by atoms with Gasteiger partial charge in [0.1, 0.15) is 6.04 Å². The lowest BCUT2D eigenvalue weighted by atomic mass is 10.1. The molecule has 0 saturated heterocycles. The first-order chi connectivity index (χ1) is 12.2. The number of nitrogens with one attached hydrogen (secondary N) is 1.